The second kappa shape index (κ2) is 8.96. The summed E-state index contributed by atoms with van der Waals surface area (Å²) in [5.41, 5.74) is 3.49. The van der Waals surface area contributed by atoms with Crippen molar-refractivity contribution in [1.82, 2.24) is 24.8 Å². The summed E-state index contributed by atoms with van der Waals surface area (Å²) in [5, 5.41) is 3.12. The third-order valence-corrected chi connectivity index (χ3v) is 5.30. The summed E-state index contributed by atoms with van der Waals surface area (Å²) in [4.78, 5) is 19.9. The van der Waals surface area contributed by atoms with Crippen LogP contribution in [0.15, 0.2) is 49.1 Å². The van der Waals surface area contributed by atoms with Crippen molar-refractivity contribution in [2.75, 3.05) is 25.5 Å². The lowest BCUT2D eigenvalue weighted by Gasteiger charge is -2.32. The Hall–Kier alpha value is -3.06. The molecule has 0 spiro atoms. The minimum atomic E-state index is 0.414. The first kappa shape index (κ1) is 19.3. The Kier molecular flexibility index (Phi) is 5.95. The van der Waals surface area contributed by atoms with Crippen LogP contribution in [-0.4, -0.2) is 45.0 Å². The highest BCUT2D eigenvalue weighted by atomic mass is 16.5. The molecule has 4 rings (SSSR count). The molecule has 0 radical (unpaired) electrons. The summed E-state index contributed by atoms with van der Waals surface area (Å²) in [6.07, 6.45) is 9.11. The van der Waals surface area contributed by atoms with Crippen LogP contribution >= 0.6 is 0 Å². The molecule has 1 saturated heterocycles. The number of ether oxygens (including phenoxy) is 1. The minimum Gasteiger partial charge on any atom is -0.496 e. The van der Waals surface area contributed by atoms with Crippen LogP contribution in [0.2, 0.25) is 0 Å². The molecule has 29 heavy (non-hydrogen) atoms. The molecule has 0 amide bonds. The zero-order chi connectivity index (χ0) is 20.1. The lowest BCUT2D eigenvalue weighted by atomic mass is 9.93. The average molecular weight is 390 g/mol. The molecule has 150 valence electrons. The molecule has 1 aliphatic rings. The molecule has 0 saturated carbocycles. The monoisotopic (exact) mass is 390 g/mol. The lowest BCUT2D eigenvalue weighted by molar-refractivity contribution is 0.201. The first-order valence-corrected chi connectivity index (χ1v) is 9.93. The van der Waals surface area contributed by atoms with Crippen LogP contribution in [0, 0.1) is 6.92 Å². The number of nitrogens with one attached hydrogen (secondary N) is 1. The average Bonchev–Trinajstić information content (AvgIpc) is 2.76. The number of hydrogen-bond donors (Lipinski definition) is 1. The van der Waals surface area contributed by atoms with Crippen LogP contribution in [-0.2, 0) is 6.54 Å². The van der Waals surface area contributed by atoms with Gasteiger partial charge in [-0.25, -0.2) is 15.0 Å². The molecule has 0 atom stereocenters. The van der Waals surface area contributed by atoms with E-state index in [0.29, 0.717) is 17.7 Å². The Bertz CT molecular complexity index is 941. The van der Waals surface area contributed by atoms with Crippen LogP contribution in [0.25, 0.3) is 0 Å². The molecule has 3 heterocycles. The van der Waals surface area contributed by atoms with Crippen molar-refractivity contribution in [2.24, 2.45) is 0 Å². The number of piperidine rings is 1. The fourth-order valence-corrected chi connectivity index (χ4v) is 3.73. The number of methoxy groups -OCH3 is 1. The van der Waals surface area contributed by atoms with Crippen molar-refractivity contribution in [2.45, 2.75) is 32.2 Å². The molecule has 3 aromatic rings. The lowest BCUT2D eigenvalue weighted by Crippen LogP contribution is -2.32. The van der Waals surface area contributed by atoms with Crippen molar-refractivity contribution in [3.8, 4) is 5.75 Å². The number of likely N-dealkylation sites (tertiary alicyclic amines) is 1. The van der Waals surface area contributed by atoms with Gasteiger partial charge in [-0.15, -0.1) is 0 Å². The van der Waals surface area contributed by atoms with Gasteiger partial charge in [0.2, 0.25) is 5.95 Å². The largest absolute Gasteiger partial charge is 0.496 e. The zero-order valence-corrected chi connectivity index (χ0v) is 16.9. The standard InChI is InChI=1S/C22H26N6O/c1-16-4-5-18(20(12-16)29-2)15-28-10-6-17(7-11-28)19-13-23-14-21(26-19)27-22-24-8-3-9-25-22/h3-5,8-9,12-14,17H,6-7,10-11,15H2,1-2H3,(H,24,25,26,27). The minimum absolute atomic E-state index is 0.414. The second-order valence-corrected chi connectivity index (χ2v) is 7.39. The van der Waals surface area contributed by atoms with E-state index in [-0.39, 0.29) is 0 Å². The number of anilines is 2. The van der Waals surface area contributed by atoms with E-state index < -0.39 is 0 Å². The first-order chi connectivity index (χ1) is 14.2. The summed E-state index contributed by atoms with van der Waals surface area (Å²) in [5.74, 6) is 2.60. The number of aromatic nitrogens is 4. The number of hydrogen-bond acceptors (Lipinski definition) is 7. The van der Waals surface area contributed by atoms with Gasteiger partial charge in [0, 0.05) is 36.6 Å². The van der Waals surface area contributed by atoms with Crippen molar-refractivity contribution < 1.29 is 4.74 Å². The quantitative estimate of drug-likeness (QED) is 0.687. The van der Waals surface area contributed by atoms with E-state index in [1.165, 1.54) is 11.1 Å². The summed E-state index contributed by atoms with van der Waals surface area (Å²) in [6.45, 7) is 5.06. The Labute approximate surface area is 171 Å². The van der Waals surface area contributed by atoms with Crippen molar-refractivity contribution in [3.05, 3.63) is 65.9 Å². The summed E-state index contributed by atoms with van der Waals surface area (Å²) in [6, 6.07) is 8.21. The van der Waals surface area contributed by atoms with E-state index >= 15 is 0 Å². The van der Waals surface area contributed by atoms with E-state index in [1.807, 2.05) is 6.20 Å². The number of benzene rings is 1. The van der Waals surface area contributed by atoms with Crippen LogP contribution in [0.4, 0.5) is 11.8 Å². The van der Waals surface area contributed by atoms with Gasteiger partial charge in [-0.3, -0.25) is 9.88 Å². The maximum Gasteiger partial charge on any atom is 0.228 e. The van der Waals surface area contributed by atoms with Gasteiger partial charge in [-0.2, -0.15) is 0 Å². The van der Waals surface area contributed by atoms with Gasteiger partial charge in [0.15, 0.2) is 5.82 Å². The predicted octanol–water partition coefficient (Wildman–Crippen LogP) is 3.71. The normalized spacial score (nSPS) is 15.2. The molecule has 0 aliphatic carbocycles. The van der Waals surface area contributed by atoms with E-state index in [2.05, 4.69) is 50.3 Å². The molecule has 2 aromatic heterocycles. The van der Waals surface area contributed by atoms with Crippen molar-refractivity contribution in [1.29, 1.82) is 0 Å². The van der Waals surface area contributed by atoms with Gasteiger partial charge in [-0.1, -0.05) is 12.1 Å². The molecule has 1 aliphatic heterocycles. The van der Waals surface area contributed by atoms with Crippen LogP contribution in [0.3, 0.4) is 0 Å². The van der Waals surface area contributed by atoms with Gasteiger partial charge in [-0.05, 0) is 50.6 Å². The molecule has 0 unspecified atom stereocenters. The number of aryl methyl sites for hydroxylation is 1. The topological polar surface area (TPSA) is 76.1 Å². The Morgan fingerprint density at radius 1 is 1.14 bits per heavy atom. The SMILES string of the molecule is COc1cc(C)ccc1CN1CCC(c2cncc(Nc3ncccn3)n2)CC1. The van der Waals surface area contributed by atoms with E-state index in [9.17, 15) is 0 Å². The highest BCUT2D eigenvalue weighted by molar-refractivity contribution is 5.45. The first-order valence-electron chi connectivity index (χ1n) is 9.93. The maximum atomic E-state index is 5.56. The van der Waals surface area contributed by atoms with Gasteiger partial charge < -0.3 is 10.1 Å². The van der Waals surface area contributed by atoms with Gasteiger partial charge in [0.25, 0.3) is 0 Å². The fourth-order valence-electron chi connectivity index (χ4n) is 3.73. The molecular weight excluding hydrogens is 364 g/mol. The molecular formula is C22H26N6O. The summed E-state index contributed by atoms with van der Waals surface area (Å²) >= 11 is 0. The van der Waals surface area contributed by atoms with Crippen molar-refractivity contribution >= 4 is 11.8 Å². The van der Waals surface area contributed by atoms with E-state index in [1.54, 1.807) is 31.8 Å². The van der Waals surface area contributed by atoms with E-state index in [0.717, 1.165) is 43.9 Å². The van der Waals surface area contributed by atoms with Crippen LogP contribution < -0.4 is 10.1 Å². The van der Waals surface area contributed by atoms with Gasteiger partial charge in [0.05, 0.1) is 19.0 Å². The maximum absolute atomic E-state index is 5.56. The Balaban J connectivity index is 1.37. The highest BCUT2D eigenvalue weighted by Gasteiger charge is 2.23. The van der Waals surface area contributed by atoms with Gasteiger partial charge >= 0.3 is 0 Å². The molecule has 1 fully saturated rings. The fraction of sp³-hybridized carbons (Fsp3) is 0.364. The van der Waals surface area contributed by atoms with Gasteiger partial charge in [0.1, 0.15) is 5.75 Å². The second-order valence-electron chi connectivity index (χ2n) is 7.39. The Morgan fingerprint density at radius 2 is 1.93 bits per heavy atom. The third kappa shape index (κ3) is 4.86. The van der Waals surface area contributed by atoms with Crippen molar-refractivity contribution in [3.63, 3.8) is 0 Å². The van der Waals surface area contributed by atoms with E-state index in [4.69, 9.17) is 9.72 Å². The molecule has 1 aromatic carbocycles. The zero-order valence-electron chi connectivity index (χ0n) is 16.9. The summed E-state index contributed by atoms with van der Waals surface area (Å²) in [7, 11) is 1.74. The molecule has 7 nitrogen and oxygen atoms in total. The molecule has 0 bridgehead atoms. The highest BCUT2D eigenvalue weighted by Crippen LogP contribution is 2.29. The molecule has 7 heteroatoms. The predicted molar refractivity (Wildman–Crippen MR) is 112 cm³/mol. The third-order valence-electron chi connectivity index (χ3n) is 5.30. The Morgan fingerprint density at radius 3 is 2.69 bits per heavy atom. The number of nitrogens with zero attached hydrogens (tertiary/aromatic N) is 5. The van der Waals surface area contributed by atoms with Crippen LogP contribution in [0.1, 0.15) is 35.6 Å². The summed E-state index contributed by atoms with van der Waals surface area (Å²) < 4.78 is 5.56. The van der Waals surface area contributed by atoms with Crippen LogP contribution in [0.5, 0.6) is 5.75 Å². The molecule has 1 N–H and O–H groups in total. The smallest absolute Gasteiger partial charge is 0.228 e. The number of rotatable bonds is 6.